The highest BCUT2D eigenvalue weighted by atomic mass is 35.5. The maximum Gasteiger partial charge on any atom is 0.233 e. The summed E-state index contributed by atoms with van der Waals surface area (Å²) < 4.78 is 0. The van der Waals surface area contributed by atoms with Gasteiger partial charge in [0.05, 0.1) is 5.75 Å². The second-order valence-electron chi connectivity index (χ2n) is 4.69. The number of hydrogen-bond acceptors (Lipinski definition) is 3. The van der Waals surface area contributed by atoms with Crippen molar-refractivity contribution >= 4 is 30.1 Å². The topological polar surface area (TPSA) is 32.3 Å². The van der Waals surface area contributed by atoms with Crippen LogP contribution >= 0.6 is 24.2 Å². The van der Waals surface area contributed by atoms with Crippen molar-refractivity contribution in [2.24, 2.45) is 0 Å². The van der Waals surface area contributed by atoms with Gasteiger partial charge in [-0.3, -0.25) is 4.79 Å². The molecule has 19 heavy (non-hydrogen) atoms. The van der Waals surface area contributed by atoms with Crippen LogP contribution in [0.5, 0.6) is 0 Å². The highest BCUT2D eigenvalue weighted by molar-refractivity contribution is 8.00. The van der Waals surface area contributed by atoms with Crippen molar-refractivity contribution < 1.29 is 4.79 Å². The normalized spacial score (nSPS) is 18.8. The molecular weight excluding hydrogens is 280 g/mol. The number of benzene rings is 1. The summed E-state index contributed by atoms with van der Waals surface area (Å²) >= 11 is 1.64. The second kappa shape index (κ2) is 7.78. The van der Waals surface area contributed by atoms with Crippen LogP contribution in [-0.4, -0.2) is 42.2 Å². The summed E-state index contributed by atoms with van der Waals surface area (Å²) in [5.74, 6) is 0.784. The van der Waals surface area contributed by atoms with Gasteiger partial charge in [0.1, 0.15) is 0 Å². The van der Waals surface area contributed by atoms with E-state index in [4.69, 9.17) is 0 Å². The molecule has 0 aromatic heterocycles. The van der Waals surface area contributed by atoms with Crippen molar-refractivity contribution in [2.75, 3.05) is 25.4 Å². The van der Waals surface area contributed by atoms with Gasteiger partial charge < -0.3 is 10.2 Å². The number of hydrogen-bond donors (Lipinski definition) is 1. The lowest BCUT2D eigenvalue weighted by molar-refractivity contribution is -0.131. The summed E-state index contributed by atoms with van der Waals surface area (Å²) in [6, 6.07) is 8.52. The van der Waals surface area contributed by atoms with E-state index >= 15 is 0 Å². The Labute approximate surface area is 125 Å². The van der Waals surface area contributed by atoms with E-state index in [1.54, 1.807) is 11.8 Å². The van der Waals surface area contributed by atoms with Gasteiger partial charge in [-0.25, -0.2) is 0 Å². The zero-order chi connectivity index (χ0) is 13.0. The third-order valence-corrected chi connectivity index (χ3v) is 4.43. The molecule has 1 saturated heterocycles. The molecule has 1 aromatic carbocycles. The van der Waals surface area contributed by atoms with Crippen LogP contribution in [0.2, 0.25) is 0 Å². The molecule has 0 aliphatic carbocycles. The molecule has 1 aromatic rings. The zero-order valence-corrected chi connectivity index (χ0v) is 13.0. The van der Waals surface area contributed by atoms with Crippen molar-refractivity contribution in [3.05, 3.63) is 29.8 Å². The first-order valence-electron chi connectivity index (χ1n) is 6.37. The molecule has 2 rings (SSSR count). The Balaban J connectivity index is 0.00000180. The van der Waals surface area contributed by atoms with Gasteiger partial charge in [-0.15, -0.1) is 24.2 Å². The number of amides is 1. The standard InChI is InChI=1S/C14H20N2OS.ClH/c1-11-5-3-4-6-13(11)18-10-14(17)16-8-7-15-9-12(16)2;/h3-6,12,15H,7-10H2,1-2H3;1H/t12-;/m1./s1. The monoisotopic (exact) mass is 300 g/mol. The number of nitrogens with one attached hydrogen (secondary N) is 1. The average Bonchev–Trinajstić information content (AvgIpc) is 2.38. The Hall–Kier alpha value is -0.710. The fourth-order valence-corrected chi connectivity index (χ4v) is 3.07. The molecule has 1 amide bonds. The molecule has 0 saturated carbocycles. The summed E-state index contributed by atoms with van der Waals surface area (Å²) in [5.41, 5.74) is 1.24. The predicted octanol–water partition coefficient (Wildman–Crippen LogP) is 2.33. The lowest BCUT2D eigenvalue weighted by atomic mass is 10.2. The maximum atomic E-state index is 12.2. The first-order chi connectivity index (χ1) is 8.68. The Bertz CT molecular complexity index is 428. The maximum absolute atomic E-state index is 12.2. The predicted molar refractivity (Wildman–Crippen MR) is 83.2 cm³/mol. The Morgan fingerprint density at radius 3 is 2.89 bits per heavy atom. The highest BCUT2D eigenvalue weighted by Gasteiger charge is 2.22. The minimum Gasteiger partial charge on any atom is -0.337 e. The van der Waals surface area contributed by atoms with Crippen LogP contribution in [0.25, 0.3) is 0 Å². The van der Waals surface area contributed by atoms with Gasteiger partial charge in [0.25, 0.3) is 0 Å². The largest absolute Gasteiger partial charge is 0.337 e. The van der Waals surface area contributed by atoms with E-state index in [0.717, 1.165) is 19.6 Å². The first-order valence-corrected chi connectivity index (χ1v) is 7.35. The molecule has 1 heterocycles. The quantitative estimate of drug-likeness (QED) is 0.870. The number of aryl methyl sites for hydroxylation is 1. The highest BCUT2D eigenvalue weighted by Crippen LogP contribution is 2.22. The van der Waals surface area contributed by atoms with Gasteiger partial charge in [-0.1, -0.05) is 18.2 Å². The number of rotatable bonds is 3. The van der Waals surface area contributed by atoms with E-state index in [0.29, 0.717) is 11.8 Å². The van der Waals surface area contributed by atoms with Crippen molar-refractivity contribution in [2.45, 2.75) is 24.8 Å². The molecule has 0 bridgehead atoms. The molecule has 1 aliphatic heterocycles. The summed E-state index contributed by atoms with van der Waals surface area (Å²) in [7, 11) is 0. The van der Waals surface area contributed by atoms with E-state index < -0.39 is 0 Å². The summed E-state index contributed by atoms with van der Waals surface area (Å²) in [6.07, 6.45) is 0. The van der Waals surface area contributed by atoms with E-state index in [2.05, 4.69) is 31.3 Å². The van der Waals surface area contributed by atoms with Gasteiger partial charge in [0.2, 0.25) is 5.91 Å². The zero-order valence-electron chi connectivity index (χ0n) is 11.4. The average molecular weight is 301 g/mol. The fraction of sp³-hybridized carbons (Fsp3) is 0.500. The smallest absolute Gasteiger partial charge is 0.233 e. The van der Waals surface area contributed by atoms with E-state index in [-0.39, 0.29) is 18.3 Å². The van der Waals surface area contributed by atoms with Crippen LogP contribution in [0.1, 0.15) is 12.5 Å². The molecule has 3 nitrogen and oxygen atoms in total. The SMILES string of the molecule is Cc1ccccc1SCC(=O)N1CCNC[C@H]1C.Cl. The molecule has 1 aliphatic rings. The van der Waals surface area contributed by atoms with Gasteiger partial charge >= 0.3 is 0 Å². The number of halogens is 1. The minimum absolute atomic E-state index is 0. The number of piperazine rings is 1. The molecule has 106 valence electrons. The van der Waals surface area contributed by atoms with E-state index in [9.17, 15) is 4.79 Å². The third-order valence-electron chi connectivity index (χ3n) is 3.27. The third kappa shape index (κ3) is 4.41. The Morgan fingerprint density at radius 2 is 2.21 bits per heavy atom. The van der Waals surface area contributed by atoms with E-state index in [1.165, 1.54) is 10.5 Å². The van der Waals surface area contributed by atoms with Crippen LogP contribution in [0.15, 0.2) is 29.2 Å². The van der Waals surface area contributed by atoms with Crippen molar-refractivity contribution in [1.82, 2.24) is 10.2 Å². The van der Waals surface area contributed by atoms with Gasteiger partial charge in [-0.2, -0.15) is 0 Å². The molecule has 1 atom stereocenters. The van der Waals surface area contributed by atoms with Crippen molar-refractivity contribution in [3.63, 3.8) is 0 Å². The Kier molecular flexibility index (Phi) is 6.69. The fourth-order valence-electron chi connectivity index (χ4n) is 2.15. The summed E-state index contributed by atoms with van der Waals surface area (Å²) in [5, 5.41) is 3.30. The number of carbonyl (C=O) groups excluding carboxylic acids is 1. The molecule has 1 fully saturated rings. The Morgan fingerprint density at radius 1 is 1.47 bits per heavy atom. The molecule has 0 unspecified atom stereocenters. The minimum atomic E-state index is 0. The van der Waals surface area contributed by atoms with Crippen molar-refractivity contribution in [1.29, 1.82) is 0 Å². The lowest BCUT2D eigenvalue weighted by Crippen LogP contribution is -2.52. The summed E-state index contributed by atoms with van der Waals surface area (Å²) in [4.78, 5) is 15.4. The molecule has 0 spiro atoms. The van der Waals surface area contributed by atoms with Gasteiger partial charge in [-0.05, 0) is 25.5 Å². The van der Waals surface area contributed by atoms with Gasteiger partial charge in [0.15, 0.2) is 0 Å². The first kappa shape index (κ1) is 16.3. The number of nitrogens with zero attached hydrogens (tertiary/aromatic N) is 1. The molecule has 1 N–H and O–H groups in total. The summed E-state index contributed by atoms with van der Waals surface area (Å²) in [6.45, 7) is 6.82. The lowest BCUT2D eigenvalue weighted by Gasteiger charge is -2.34. The van der Waals surface area contributed by atoms with Crippen LogP contribution in [0, 0.1) is 6.92 Å². The van der Waals surface area contributed by atoms with Crippen LogP contribution < -0.4 is 5.32 Å². The molecule has 5 heteroatoms. The number of carbonyl (C=O) groups is 1. The van der Waals surface area contributed by atoms with Crippen molar-refractivity contribution in [3.8, 4) is 0 Å². The molecule has 0 radical (unpaired) electrons. The van der Waals surface area contributed by atoms with Crippen LogP contribution in [-0.2, 0) is 4.79 Å². The second-order valence-corrected chi connectivity index (χ2v) is 5.71. The number of thioether (sulfide) groups is 1. The van der Waals surface area contributed by atoms with E-state index in [1.807, 2.05) is 17.0 Å². The molecular formula is C14H21ClN2OS. The van der Waals surface area contributed by atoms with Crippen LogP contribution in [0.3, 0.4) is 0 Å². The van der Waals surface area contributed by atoms with Gasteiger partial charge in [0, 0.05) is 30.6 Å². The van der Waals surface area contributed by atoms with Crippen LogP contribution in [0.4, 0.5) is 0 Å².